The average Bonchev–Trinajstić information content (AvgIpc) is 2.34. The highest BCUT2D eigenvalue weighted by Crippen LogP contribution is 2.34. The normalized spacial score (nSPS) is 11.7. The highest BCUT2D eigenvalue weighted by atomic mass is 35.5. The molecule has 0 atom stereocenters. The lowest BCUT2D eigenvalue weighted by molar-refractivity contribution is -0.143. The summed E-state index contributed by atoms with van der Waals surface area (Å²) in [6.45, 7) is 1.87. The van der Waals surface area contributed by atoms with Gasteiger partial charge < -0.3 is 4.74 Å². The van der Waals surface area contributed by atoms with Crippen LogP contribution in [0.25, 0.3) is 0 Å². The monoisotopic (exact) mass is 373 g/mol. The number of benzene rings is 1. The molecular weight excluding hydrogens is 361 g/mol. The largest absolute Gasteiger partial charge is 0.466 e. The van der Waals surface area contributed by atoms with Gasteiger partial charge in [-0.2, -0.15) is 0 Å². The first-order valence-electron chi connectivity index (χ1n) is 5.96. The standard InChI is InChI=1S/C12H14Cl3NO4S/c1-3-20-11(17)4-5-16(2)21(18,19)12-9(14)6-8(13)7-10(12)15/h6-7H,3-5H2,1-2H3. The molecule has 0 saturated heterocycles. The second-order valence-corrected chi connectivity index (χ2v) is 7.31. The van der Waals surface area contributed by atoms with Gasteiger partial charge in [0, 0.05) is 18.6 Å². The number of hydrogen-bond acceptors (Lipinski definition) is 4. The molecule has 0 fully saturated rings. The second-order valence-electron chi connectivity index (χ2n) is 4.08. The molecule has 0 aliphatic heterocycles. The van der Waals surface area contributed by atoms with Crippen molar-refractivity contribution in [2.75, 3.05) is 20.2 Å². The van der Waals surface area contributed by atoms with Gasteiger partial charge in [-0.05, 0) is 19.1 Å². The van der Waals surface area contributed by atoms with E-state index in [9.17, 15) is 13.2 Å². The van der Waals surface area contributed by atoms with Crippen LogP contribution in [0.4, 0.5) is 0 Å². The van der Waals surface area contributed by atoms with Crippen molar-refractivity contribution in [2.45, 2.75) is 18.2 Å². The molecule has 1 aromatic rings. The summed E-state index contributed by atoms with van der Waals surface area (Å²) in [5, 5.41) is 0.0871. The van der Waals surface area contributed by atoms with Gasteiger partial charge in [-0.1, -0.05) is 34.8 Å². The molecule has 118 valence electrons. The van der Waals surface area contributed by atoms with Gasteiger partial charge in [-0.3, -0.25) is 4.79 Å². The molecule has 1 rings (SSSR count). The zero-order valence-corrected chi connectivity index (χ0v) is 14.5. The lowest BCUT2D eigenvalue weighted by Crippen LogP contribution is -2.30. The molecule has 0 bridgehead atoms. The number of ether oxygens (including phenoxy) is 1. The van der Waals surface area contributed by atoms with Crippen molar-refractivity contribution in [1.29, 1.82) is 0 Å². The number of carbonyl (C=O) groups is 1. The van der Waals surface area contributed by atoms with Gasteiger partial charge >= 0.3 is 5.97 Å². The Kier molecular flexibility index (Phi) is 6.74. The van der Waals surface area contributed by atoms with Crippen LogP contribution in [0.5, 0.6) is 0 Å². The van der Waals surface area contributed by atoms with Crippen molar-refractivity contribution in [2.24, 2.45) is 0 Å². The van der Waals surface area contributed by atoms with Gasteiger partial charge in [-0.25, -0.2) is 12.7 Å². The minimum atomic E-state index is -3.92. The van der Waals surface area contributed by atoms with Crippen LogP contribution in [0.1, 0.15) is 13.3 Å². The molecule has 21 heavy (non-hydrogen) atoms. The predicted molar refractivity (Wildman–Crippen MR) is 82.5 cm³/mol. The molecule has 0 spiro atoms. The number of hydrogen-bond donors (Lipinski definition) is 0. The molecular formula is C12H14Cl3NO4S. The summed E-state index contributed by atoms with van der Waals surface area (Å²) in [6, 6.07) is 2.59. The number of esters is 1. The van der Waals surface area contributed by atoms with Crippen LogP contribution in [0.3, 0.4) is 0 Å². The molecule has 0 aromatic heterocycles. The van der Waals surface area contributed by atoms with Gasteiger partial charge in [0.2, 0.25) is 10.0 Å². The number of carbonyl (C=O) groups excluding carboxylic acids is 1. The van der Waals surface area contributed by atoms with Gasteiger partial charge in [0.15, 0.2) is 0 Å². The van der Waals surface area contributed by atoms with Crippen molar-refractivity contribution in [3.8, 4) is 0 Å². The average molecular weight is 375 g/mol. The number of halogens is 3. The molecule has 0 saturated carbocycles. The maximum absolute atomic E-state index is 12.4. The molecule has 0 aliphatic carbocycles. The fraction of sp³-hybridized carbons (Fsp3) is 0.417. The Morgan fingerprint density at radius 3 is 2.24 bits per heavy atom. The van der Waals surface area contributed by atoms with E-state index in [0.717, 1.165) is 4.31 Å². The Bertz CT molecular complexity index is 610. The van der Waals surface area contributed by atoms with E-state index >= 15 is 0 Å². The van der Waals surface area contributed by atoms with Gasteiger partial charge in [-0.15, -0.1) is 0 Å². The van der Waals surface area contributed by atoms with Crippen molar-refractivity contribution in [3.05, 3.63) is 27.2 Å². The van der Waals surface area contributed by atoms with E-state index in [4.69, 9.17) is 39.5 Å². The summed E-state index contributed by atoms with van der Waals surface area (Å²) in [6.07, 6.45) is -0.0631. The van der Waals surface area contributed by atoms with Gasteiger partial charge in [0.05, 0.1) is 23.1 Å². The number of nitrogens with zero attached hydrogens (tertiary/aromatic N) is 1. The maximum atomic E-state index is 12.4. The van der Waals surface area contributed by atoms with E-state index in [1.54, 1.807) is 6.92 Å². The SMILES string of the molecule is CCOC(=O)CCN(C)S(=O)(=O)c1c(Cl)cc(Cl)cc1Cl. The quantitative estimate of drug-likeness (QED) is 0.717. The molecule has 0 aliphatic rings. The Hall–Kier alpha value is -0.530. The summed E-state index contributed by atoms with van der Waals surface area (Å²) in [5.41, 5.74) is 0. The van der Waals surface area contributed by atoms with Crippen LogP contribution >= 0.6 is 34.8 Å². The smallest absolute Gasteiger partial charge is 0.307 e. The molecule has 0 N–H and O–H groups in total. The molecule has 1 aromatic carbocycles. The number of rotatable bonds is 6. The third kappa shape index (κ3) is 4.72. The lowest BCUT2D eigenvalue weighted by atomic mass is 10.4. The van der Waals surface area contributed by atoms with E-state index in [2.05, 4.69) is 0 Å². The predicted octanol–water partition coefficient (Wildman–Crippen LogP) is 3.22. The Morgan fingerprint density at radius 1 is 1.24 bits per heavy atom. The zero-order chi connectivity index (χ0) is 16.2. The zero-order valence-electron chi connectivity index (χ0n) is 11.4. The van der Waals surface area contributed by atoms with Crippen molar-refractivity contribution >= 4 is 50.8 Å². The van der Waals surface area contributed by atoms with Crippen LogP contribution < -0.4 is 0 Å². The third-order valence-corrected chi connectivity index (χ3v) is 5.56. The summed E-state index contributed by atoms with van der Waals surface area (Å²) in [7, 11) is -2.60. The van der Waals surface area contributed by atoms with E-state index in [1.807, 2.05) is 0 Å². The number of sulfonamides is 1. The van der Waals surface area contributed by atoms with E-state index in [0.29, 0.717) is 0 Å². The summed E-state index contributed by atoms with van der Waals surface area (Å²) < 4.78 is 30.6. The molecule has 0 unspecified atom stereocenters. The van der Waals surface area contributed by atoms with Crippen molar-refractivity contribution < 1.29 is 17.9 Å². The lowest BCUT2D eigenvalue weighted by Gasteiger charge is -2.18. The van der Waals surface area contributed by atoms with Crippen LogP contribution in [0, 0.1) is 0 Å². The first-order chi connectivity index (χ1) is 9.70. The van der Waals surface area contributed by atoms with Gasteiger partial charge in [0.25, 0.3) is 0 Å². The summed E-state index contributed by atoms with van der Waals surface area (Å²) >= 11 is 17.6. The summed E-state index contributed by atoms with van der Waals surface area (Å²) in [5.74, 6) is -0.479. The maximum Gasteiger partial charge on any atom is 0.307 e. The van der Waals surface area contributed by atoms with Crippen LogP contribution in [-0.4, -0.2) is 38.9 Å². The van der Waals surface area contributed by atoms with Crippen LogP contribution in [0.15, 0.2) is 17.0 Å². The molecule has 0 heterocycles. The Morgan fingerprint density at radius 2 is 1.76 bits per heavy atom. The fourth-order valence-electron chi connectivity index (χ4n) is 1.53. The topological polar surface area (TPSA) is 63.7 Å². The van der Waals surface area contributed by atoms with E-state index < -0.39 is 16.0 Å². The highest BCUT2D eigenvalue weighted by molar-refractivity contribution is 7.89. The first-order valence-corrected chi connectivity index (χ1v) is 8.54. The molecule has 0 amide bonds. The van der Waals surface area contributed by atoms with Crippen molar-refractivity contribution in [1.82, 2.24) is 4.31 Å². The Labute approximate surface area is 138 Å². The van der Waals surface area contributed by atoms with Crippen LogP contribution in [0.2, 0.25) is 15.1 Å². The molecule has 5 nitrogen and oxygen atoms in total. The third-order valence-electron chi connectivity index (χ3n) is 2.57. The second kappa shape index (κ2) is 7.65. The summed E-state index contributed by atoms with van der Waals surface area (Å²) in [4.78, 5) is 11.0. The van der Waals surface area contributed by atoms with Crippen molar-refractivity contribution in [3.63, 3.8) is 0 Å². The first kappa shape index (κ1) is 18.5. The van der Waals surface area contributed by atoms with E-state index in [1.165, 1.54) is 19.2 Å². The van der Waals surface area contributed by atoms with Gasteiger partial charge in [0.1, 0.15) is 4.90 Å². The Balaban J connectivity index is 2.98. The minimum absolute atomic E-state index is 0.0452. The van der Waals surface area contributed by atoms with Crippen LogP contribution in [-0.2, 0) is 19.6 Å². The molecule has 9 heteroatoms. The van der Waals surface area contributed by atoms with E-state index in [-0.39, 0.29) is 39.5 Å². The fourth-order valence-corrected chi connectivity index (χ4v) is 4.19. The highest BCUT2D eigenvalue weighted by Gasteiger charge is 2.27. The molecule has 0 radical (unpaired) electrons. The minimum Gasteiger partial charge on any atom is -0.466 e.